The third-order valence-electron chi connectivity index (χ3n) is 4.44. The van der Waals surface area contributed by atoms with Crippen LogP contribution in [0.1, 0.15) is 28.8 Å². The van der Waals surface area contributed by atoms with Crippen molar-refractivity contribution in [3.8, 4) is 0 Å². The molecule has 130 valence electrons. The molecule has 0 radical (unpaired) electrons. The highest BCUT2D eigenvalue weighted by Gasteiger charge is 2.29. The number of benzene rings is 2. The van der Waals surface area contributed by atoms with Crippen LogP contribution < -0.4 is 5.32 Å². The third-order valence-corrected chi connectivity index (χ3v) is 4.44. The minimum atomic E-state index is -0.391. The summed E-state index contributed by atoms with van der Waals surface area (Å²) >= 11 is 0. The zero-order valence-electron chi connectivity index (χ0n) is 14.2. The summed E-state index contributed by atoms with van der Waals surface area (Å²) in [6.45, 7) is 2.98. The van der Waals surface area contributed by atoms with Crippen molar-refractivity contribution in [1.29, 1.82) is 0 Å². The van der Waals surface area contributed by atoms with Crippen LogP contribution in [0.15, 0.2) is 48.5 Å². The van der Waals surface area contributed by atoms with Gasteiger partial charge in [-0.3, -0.25) is 9.59 Å². The molecule has 0 spiro atoms. The fourth-order valence-corrected chi connectivity index (χ4v) is 3.15. The quantitative estimate of drug-likeness (QED) is 0.928. The molecule has 3 rings (SSSR count). The molecular weight excluding hydrogens is 319 g/mol. The molecule has 2 amide bonds. The molecule has 1 aliphatic heterocycles. The van der Waals surface area contributed by atoms with Gasteiger partial charge in [-0.15, -0.1) is 0 Å². The first-order valence-corrected chi connectivity index (χ1v) is 8.45. The van der Waals surface area contributed by atoms with Crippen molar-refractivity contribution >= 4 is 17.5 Å². The number of nitrogens with one attached hydrogen (secondary N) is 1. The van der Waals surface area contributed by atoms with Gasteiger partial charge in [-0.1, -0.05) is 23.8 Å². The minimum Gasteiger partial charge on any atom is -0.338 e. The van der Waals surface area contributed by atoms with E-state index in [1.54, 1.807) is 23.1 Å². The number of amides is 2. The summed E-state index contributed by atoms with van der Waals surface area (Å²) in [4.78, 5) is 26.9. The molecule has 1 atom stereocenters. The second-order valence-corrected chi connectivity index (χ2v) is 6.46. The van der Waals surface area contributed by atoms with Crippen molar-refractivity contribution < 1.29 is 14.0 Å². The highest BCUT2D eigenvalue weighted by atomic mass is 19.1. The van der Waals surface area contributed by atoms with Crippen molar-refractivity contribution in [2.24, 2.45) is 5.92 Å². The predicted octanol–water partition coefficient (Wildman–Crippen LogP) is 3.63. The Hall–Kier alpha value is -2.69. The topological polar surface area (TPSA) is 49.4 Å². The van der Waals surface area contributed by atoms with Crippen molar-refractivity contribution in [2.45, 2.75) is 19.8 Å². The Kier molecular flexibility index (Phi) is 5.12. The van der Waals surface area contributed by atoms with Gasteiger partial charge in [-0.2, -0.15) is 0 Å². The number of hydrogen-bond donors (Lipinski definition) is 1. The summed E-state index contributed by atoms with van der Waals surface area (Å²) in [5, 5.41) is 2.74. The van der Waals surface area contributed by atoms with Gasteiger partial charge in [0.05, 0.1) is 5.92 Å². The van der Waals surface area contributed by atoms with Crippen molar-refractivity contribution in [3.63, 3.8) is 0 Å². The molecule has 1 N–H and O–H groups in total. The van der Waals surface area contributed by atoms with Crippen LogP contribution in [0.4, 0.5) is 10.1 Å². The second kappa shape index (κ2) is 7.47. The van der Waals surface area contributed by atoms with Crippen LogP contribution in [0.3, 0.4) is 0 Å². The average molecular weight is 340 g/mol. The smallest absolute Gasteiger partial charge is 0.253 e. The lowest BCUT2D eigenvalue weighted by atomic mass is 9.96. The molecule has 1 heterocycles. The van der Waals surface area contributed by atoms with Crippen molar-refractivity contribution in [1.82, 2.24) is 4.90 Å². The molecular formula is C20H21FN2O2. The van der Waals surface area contributed by atoms with Gasteiger partial charge in [-0.05, 0) is 50.1 Å². The molecule has 0 unspecified atom stereocenters. The monoisotopic (exact) mass is 340 g/mol. The van der Waals surface area contributed by atoms with E-state index in [9.17, 15) is 14.0 Å². The Balaban J connectivity index is 1.66. The van der Waals surface area contributed by atoms with Gasteiger partial charge in [0, 0.05) is 24.3 Å². The van der Waals surface area contributed by atoms with Crippen LogP contribution in [0.5, 0.6) is 0 Å². The number of hydrogen-bond acceptors (Lipinski definition) is 2. The van der Waals surface area contributed by atoms with Gasteiger partial charge in [0.1, 0.15) is 5.82 Å². The van der Waals surface area contributed by atoms with E-state index >= 15 is 0 Å². The third kappa shape index (κ3) is 4.24. The molecule has 0 bridgehead atoms. The molecule has 0 aromatic heterocycles. The lowest BCUT2D eigenvalue weighted by Crippen LogP contribution is -2.43. The number of anilines is 1. The number of carbonyl (C=O) groups is 2. The molecule has 2 aromatic carbocycles. The summed E-state index contributed by atoms with van der Waals surface area (Å²) < 4.78 is 13.2. The molecule has 0 saturated carbocycles. The number of carbonyl (C=O) groups excluding carboxylic acids is 2. The first-order chi connectivity index (χ1) is 12.0. The summed E-state index contributed by atoms with van der Waals surface area (Å²) in [6.07, 6.45) is 1.50. The molecule has 0 aliphatic carbocycles. The Morgan fingerprint density at radius 2 is 1.96 bits per heavy atom. The molecule has 4 nitrogen and oxygen atoms in total. The maximum absolute atomic E-state index is 13.2. The first-order valence-electron chi connectivity index (χ1n) is 8.45. The van der Waals surface area contributed by atoms with E-state index in [2.05, 4.69) is 5.32 Å². The summed E-state index contributed by atoms with van der Waals surface area (Å²) in [5.41, 5.74) is 2.11. The van der Waals surface area contributed by atoms with Crippen LogP contribution in [-0.2, 0) is 4.79 Å². The Morgan fingerprint density at radius 3 is 2.72 bits per heavy atom. The molecule has 1 saturated heterocycles. The van der Waals surface area contributed by atoms with Gasteiger partial charge in [0.15, 0.2) is 0 Å². The highest BCUT2D eigenvalue weighted by molar-refractivity contribution is 5.96. The summed E-state index contributed by atoms with van der Waals surface area (Å²) in [6, 6.07) is 13.3. The maximum Gasteiger partial charge on any atom is 0.253 e. The van der Waals surface area contributed by atoms with E-state index in [0.29, 0.717) is 24.3 Å². The normalized spacial score (nSPS) is 17.2. The van der Waals surface area contributed by atoms with Crippen molar-refractivity contribution in [3.05, 3.63) is 65.5 Å². The largest absolute Gasteiger partial charge is 0.338 e. The second-order valence-electron chi connectivity index (χ2n) is 6.46. The van der Waals surface area contributed by atoms with Gasteiger partial charge in [0.2, 0.25) is 5.91 Å². The standard InChI is InChI=1S/C20H21FN2O2/c1-14-5-2-6-15(11-14)20(25)23-10-4-7-16(13-23)19(24)22-18-9-3-8-17(21)12-18/h2-3,5-6,8-9,11-12,16H,4,7,10,13H2,1H3,(H,22,24)/t16-/m1/s1. The fraction of sp³-hybridized carbons (Fsp3) is 0.300. The van der Waals surface area contributed by atoms with Crippen LogP contribution in [0, 0.1) is 18.7 Å². The molecule has 25 heavy (non-hydrogen) atoms. The van der Waals surface area contributed by atoms with Gasteiger partial charge >= 0.3 is 0 Å². The number of rotatable bonds is 3. The van der Waals surface area contributed by atoms with Crippen LogP contribution in [-0.4, -0.2) is 29.8 Å². The Morgan fingerprint density at radius 1 is 1.16 bits per heavy atom. The van der Waals surface area contributed by atoms with E-state index in [-0.39, 0.29) is 17.7 Å². The number of likely N-dealkylation sites (tertiary alicyclic amines) is 1. The molecule has 2 aromatic rings. The van der Waals surface area contributed by atoms with Gasteiger partial charge < -0.3 is 10.2 Å². The molecule has 1 fully saturated rings. The predicted molar refractivity (Wildman–Crippen MR) is 94.8 cm³/mol. The number of aryl methyl sites for hydroxylation is 1. The zero-order valence-corrected chi connectivity index (χ0v) is 14.2. The van der Waals surface area contributed by atoms with Crippen LogP contribution >= 0.6 is 0 Å². The lowest BCUT2D eigenvalue weighted by molar-refractivity contribution is -0.121. The fourth-order valence-electron chi connectivity index (χ4n) is 3.15. The van der Waals surface area contributed by atoms with Gasteiger partial charge in [0.25, 0.3) is 5.91 Å². The molecule has 5 heteroatoms. The SMILES string of the molecule is Cc1cccc(C(=O)N2CCC[C@@H](C(=O)Nc3cccc(F)c3)C2)c1. The van der Waals surface area contributed by atoms with E-state index in [4.69, 9.17) is 0 Å². The maximum atomic E-state index is 13.2. The minimum absolute atomic E-state index is 0.0491. The number of piperidine rings is 1. The summed E-state index contributed by atoms with van der Waals surface area (Å²) in [7, 11) is 0. The van der Waals surface area contributed by atoms with Crippen molar-refractivity contribution in [2.75, 3.05) is 18.4 Å². The highest BCUT2D eigenvalue weighted by Crippen LogP contribution is 2.21. The average Bonchev–Trinajstić information content (AvgIpc) is 2.61. The van der Waals surface area contributed by atoms with Gasteiger partial charge in [-0.25, -0.2) is 4.39 Å². The van der Waals surface area contributed by atoms with E-state index in [1.165, 1.54) is 12.1 Å². The number of halogens is 1. The van der Waals surface area contributed by atoms with Crippen LogP contribution in [0.25, 0.3) is 0 Å². The number of nitrogens with zero attached hydrogens (tertiary/aromatic N) is 1. The van der Waals surface area contributed by atoms with E-state index in [1.807, 2.05) is 25.1 Å². The van der Waals surface area contributed by atoms with E-state index < -0.39 is 5.82 Å². The van der Waals surface area contributed by atoms with E-state index in [0.717, 1.165) is 18.4 Å². The Labute approximate surface area is 146 Å². The summed E-state index contributed by atoms with van der Waals surface area (Å²) in [5.74, 6) is -0.900. The first kappa shape index (κ1) is 17.1. The molecule has 1 aliphatic rings. The van der Waals surface area contributed by atoms with Crippen LogP contribution in [0.2, 0.25) is 0 Å². The Bertz CT molecular complexity index is 791. The zero-order chi connectivity index (χ0) is 17.8. The lowest BCUT2D eigenvalue weighted by Gasteiger charge is -2.32.